The molecule has 212 valence electrons. The van der Waals surface area contributed by atoms with Crippen LogP contribution in [0.1, 0.15) is 22.3 Å². The van der Waals surface area contributed by atoms with E-state index in [1.165, 1.54) is 98.1 Å². The number of hydrogen-bond donors (Lipinski definition) is 0. The fraction of sp³-hybridized carbons (Fsp3) is 0.0222. The molecular formula is C45H26S. The van der Waals surface area contributed by atoms with E-state index in [1.54, 1.807) is 0 Å². The van der Waals surface area contributed by atoms with Crippen LogP contribution in [-0.2, 0) is 5.41 Å². The number of fused-ring (bicyclic) bond motifs is 14. The zero-order chi connectivity index (χ0) is 30.0. The molecular weight excluding hydrogens is 573 g/mol. The number of hydrogen-bond acceptors (Lipinski definition) is 1. The van der Waals surface area contributed by atoms with Crippen LogP contribution in [0.25, 0.3) is 66.1 Å². The second kappa shape index (κ2) is 8.88. The summed E-state index contributed by atoms with van der Waals surface area (Å²) in [7, 11) is 0. The maximum absolute atomic E-state index is 2.46. The molecule has 1 aliphatic heterocycles. The first kappa shape index (κ1) is 24.9. The number of rotatable bonds is 1. The Morgan fingerprint density at radius 1 is 0.370 bits per heavy atom. The molecule has 46 heavy (non-hydrogen) atoms. The second-order valence-electron chi connectivity index (χ2n) is 12.8. The van der Waals surface area contributed by atoms with Crippen molar-refractivity contribution in [3.8, 4) is 44.5 Å². The molecule has 0 N–H and O–H groups in total. The Kier molecular flexibility index (Phi) is 4.80. The van der Waals surface area contributed by atoms with Crippen LogP contribution < -0.4 is 0 Å². The molecule has 1 heterocycles. The second-order valence-corrected chi connectivity index (χ2v) is 13.9. The third-order valence-corrected chi connectivity index (χ3v) is 11.8. The van der Waals surface area contributed by atoms with Crippen molar-refractivity contribution in [2.75, 3.05) is 0 Å². The standard InChI is InChI=1S/C45H26S/c1-2-12-31-27(10-1)20-23-40-44(31)34-15-4-7-17-38(34)45(40)37-16-6-3-13-32(37)35-25-28(21-22-39(35)45)30-24-29-11-9-19-42-43(29)36(26-30)33-14-5-8-18-41(33)46-42/h1-26H. The van der Waals surface area contributed by atoms with E-state index in [1.807, 2.05) is 11.8 Å². The highest BCUT2D eigenvalue weighted by Crippen LogP contribution is 2.64. The molecule has 0 nitrogen and oxygen atoms in total. The van der Waals surface area contributed by atoms with E-state index in [0.717, 1.165) is 0 Å². The zero-order valence-corrected chi connectivity index (χ0v) is 25.7. The van der Waals surface area contributed by atoms with Crippen LogP contribution in [0.2, 0.25) is 0 Å². The van der Waals surface area contributed by atoms with Crippen LogP contribution in [0.15, 0.2) is 168 Å². The van der Waals surface area contributed by atoms with Crippen molar-refractivity contribution in [2.45, 2.75) is 15.2 Å². The van der Waals surface area contributed by atoms with Crippen molar-refractivity contribution in [1.82, 2.24) is 0 Å². The summed E-state index contributed by atoms with van der Waals surface area (Å²) in [6, 6.07) is 59.5. The Morgan fingerprint density at radius 2 is 1.02 bits per heavy atom. The lowest BCUT2D eigenvalue weighted by Gasteiger charge is -2.30. The van der Waals surface area contributed by atoms with Crippen LogP contribution in [0.5, 0.6) is 0 Å². The predicted molar refractivity (Wildman–Crippen MR) is 193 cm³/mol. The van der Waals surface area contributed by atoms with Gasteiger partial charge in [0.05, 0.1) is 5.41 Å². The molecule has 0 fully saturated rings. The highest BCUT2D eigenvalue weighted by molar-refractivity contribution is 7.99. The van der Waals surface area contributed by atoms with Gasteiger partial charge in [-0.1, -0.05) is 139 Å². The van der Waals surface area contributed by atoms with Gasteiger partial charge < -0.3 is 0 Å². The fourth-order valence-electron chi connectivity index (χ4n) is 8.85. The van der Waals surface area contributed by atoms with Crippen molar-refractivity contribution in [1.29, 1.82) is 0 Å². The summed E-state index contributed by atoms with van der Waals surface area (Å²) >= 11 is 1.89. The lowest BCUT2D eigenvalue weighted by Crippen LogP contribution is -2.25. The first-order valence-electron chi connectivity index (χ1n) is 16.0. The average molecular weight is 599 g/mol. The molecule has 1 unspecified atom stereocenters. The summed E-state index contributed by atoms with van der Waals surface area (Å²) in [5.41, 5.74) is 15.8. The summed E-state index contributed by atoms with van der Waals surface area (Å²) in [6.07, 6.45) is 0. The zero-order valence-electron chi connectivity index (χ0n) is 24.9. The highest BCUT2D eigenvalue weighted by Gasteiger charge is 2.51. The molecule has 3 aliphatic rings. The van der Waals surface area contributed by atoms with Gasteiger partial charge in [-0.3, -0.25) is 0 Å². The molecule has 0 aromatic heterocycles. The largest absolute Gasteiger partial charge is 0.0888 e. The third kappa shape index (κ3) is 3.02. The van der Waals surface area contributed by atoms with E-state index in [4.69, 9.17) is 0 Å². The van der Waals surface area contributed by atoms with Crippen LogP contribution in [0, 0.1) is 0 Å². The van der Waals surface area contributed by atoms with E-state index in [2.05, 4.69) is 158 Å². The molecule has 1 spiro atoms. The maximum atomic E-state index is 2.46. The van der Waals surface area contributed by atoms with Crippen LogP contribution in [0.4, 0.5) is 0 Å². The maximum Gasteiger partial charge on any atom is 0.0725 e. The Hall–Kier alpha value is -5.37. The quantitative estimate of drug-likeness (QED) is 0.181. The Bertz CT molecular complexity index is 2630. The molecule has 0 saturated heterocycles. The van der Waals surface area contributed by atoms with Gasteiger partial charge in [0.1, 0.15) is 0 Å². The molecule has 2 aliphatic carbocycles. The highest BCUT2D eigenvalue weighted by atomic mass is 32.2. The Labute approximate surface area is 272 Å². The van der Waals surface area contributed by atoms with E-state index in [0.29, 0.717) is 0 Å². The van der Waals surface area contributed by atoms with Gasteiger partial charge in [0.15, 0.2) is 0 Å². The Morgan fingerprint density at radius 3 is 1.93 bits per heavy atom. The molecule has 0 bridgehead atoms. The summed E-state index contributed by atoms with van der Waals surface area (Å²) in [4.78, 5) is 2.67. The van der Waals surface area contributed by atoms with E-state index >= 15 is 0 Å². The molecule has 0 amide bonds. The van der Waals surface area contributed by atoms with Crippen molar-refractivity contribution in [3.63, 3.8) is 0 Å². The van der Waals surface area contributed by atoms with Gasteiger partial charge in [-0.15, -0.1) is 0 Å². The topological polar surface area (TPSA) is 0 Å². The molecule has 11 rings (SSSR count). The minimum atomic E-state index is -0.346. The molecule has 0 saturated carbocycles. The normalized spacial score (nSPS) is 16.3. The van der Waals surface area contributed by atoms with E-state index in [9.17, 15) is 0 Å². The van der Waals surface area contributed by atoms with E-state index < -0.39 is 0 Å². The van der Waals surface area contributed by atoms with Gasteiger partial charge in [0.2, 0.25) is 0 Å². The lowest BCUT2D eigenvalue weighted by atomic mass is 9.70. The molecule has 0 radical (unpaired) electrons. The van der Waals surface area contributed by atoms with Crippen molar-refractivity contribution in [2.24, 2.45) is 0 Å². The summed E-state index contributed by atoms with van der Waals surface area (Å²) < 4.78 is 0. The summed E-state index contributed by atoms with van der Waals surface area (Å²) in [6.45, 7) is 0. The minimum Gasteiger partial charge on any atom is -0.0888 e. The van der Waals surface area contributed by atoms with Gasteiger partial charge in [0.25, 0.3) is 0 Å². The van der Waals surface area contributed by atoms with Gasteiger partial charge in [-0.2, -0.15) is 0 Å². The summed E-state index contributed by atoms with van der Waals surface area (Å²) in [5.74, 6) is 0. The Balaban J connectivity index is 1.19. The first-order valence-corrected chi connectivity index (χ1v) is 16.8. The monoisotopic (exact) mass is 598 g/mol. The van der Waals surface area contributed by atoms with Crippen molar-refractivity contribution in [3.05, 3.63) is 180 Å². The lowest BCUT2D eigenvalue weighted by molar-refractivity contribution is 0.794. The predicted octanol–water partition coefficient (Wildman–Crippen LogP) is 12.1. The molecule has 1 heteroatoms. The van der Waals surface area contributed by atoms with Gasteiger partial charge in [-0.05, 0) is 113 Å². The SMILES string of the molecule is c1ccc2c(c1)Sc1cccc3cc(-c4ccc5c(c4)-c4ccccc4C54c5ccccc5-c5c4ccc4ccccc54)cc-2c13. The average Bonchev–Trinajstić information content (AvgIpc) is 3.59. The molecule has 8 aromatic rings. The van der Waals surface area contributed by atoms with Gasteiger partial charge >= 0.3 is 0 Å². The van der Waals surface area contributed by atoms with Gasteiger partial charge in [0, 0.05) is 15.2 Å². The van der Waals surface area contributed by atoms with E-state index in [-0.39, 0.29) is 5.41 Å². The molecule has 8 aromatic carbocycles. The van der Waals surface area contributed by atoms with Gasteiger partial charge in [-0.25, -0.2) is 0 Å². The van der Waals surface area contributed by atoms with Crippen molar-refractivity contribution < 1.29 is 0 Å². The van der Waals surface area contributed by atoms with Crippen molar-refractivity contribution >= 4 is 33.3 Å². The first-order chi connectivity index (χ1) is 22.8. The third-order valence-electron chi connectivity index (χ3n) is 10.6. The van der Waals surface area contributed by atoms with Crippen LogP contribution in [-0.4, -0.2) is 0 Å². The minimum absolute atomic E-state index is 0.346. The molecule has 1 atom stereocenters. The van der Waals surface area contributed by atoms with Crippen LogP contribution >= 0.6 is 11.8 Å². The van der Waals surface area contributed by atoms with Crippen LogP contribution in [0.3, 0.4) is 0 Å². The fourth-order valence-corrected chi connectivity index (χ4v) is 9.99. The number of benzene rings is 8. The smallest absolute Gasteiger partial charge is 0.0725 e. The summed E-state index contributed by atoms with van der Waals surface area (Å²) in [5, 5.41) is 5.29.